The molecule has 0 aromatic carbocycles. The first-order valence-corrected chi connectivity index (χ1v) is 5.05. The summed E-state index contributed by atoms with van der Waals surface area (Å²) in [5, 5.41) is 0. The number of rotatable bonds is 8. The number of hydrogen-bond donors (Lipinski definition) is 1. The Morgan fingerprint density at radius 1 is 1.57 bits per heavy atom. The molecule has 14 heavy (non-hydrogen) atoms. The maximum atomic E-state index is 11.5. The Balaban J connectivity index is 3.70. The topological polar surface area (TPSA) is 52.3 Å². The number of ether oxygens (including phenoxy) is 1. The predicted octanol–water partition coefficient (Wildman–Crippen LogP) is 1.67. The molecule has 0 aliphatic rings. The van der Waals surface area contributed by atoms with E-state index in [2.05, 4.69) is 6.58 Å². The Bertz CT molecular complexity index is 190. The van der Waals surface area contributed by atoms with Crippen LogP contribution in [0, 0.1) is 0 Å². The fourth-order valence-electron chi connectivity index (χ4n) is 1.11. The van der Waals surface area contributed by atoms with Crippen LogP contribution in [-0.4, -0.2) is 25.5 Å². The minimum atomic E-state index is -0.353. The molecule has 0 aliphatic heterocycles. The van der Waals surface area contributed by atoms with E-state index in [4.69, 9.17) is 10.5 Å². The Morgan fingerprint density at radius 2 is 2.21 bits per heavy atom. The summed E-state index contributed by atoms with van der Waals surface area (Å²) < 4.78 is 4.89. The van der Waals surface area contributed by atoms with E-state index in [1.54, 1.807) is 7.11 Å². The number of allylic oxidation sites excluding steroid dienone is 1. The van der Waals surface area contributed by atoms with E-state index in [1.165, 1.54) is 0 Å². The summed E-state index contributed by atoms with van der Waals surface area (Å²) in [6.07, 6.45) is 2.80. The van der Waals surface area contributed by atoms with Gasteiger partial charge in [-0.05, 0) is 19.3 Å². The smallest absolute Gasteiger partial charge is 0.153 e. The van der Waals surface area contributed by atoms with Gasteiger partial charge in [-0.2, -0.15) is 0 Å². The van der Waals surface area contributed by atoms with Gasteiger partial charge in [0.2, 0.25) is 0 Å². The van der Waals surface area contributed by atoms with Gasteiger partial charge in [-0.25, -0.2) is 0 Å². The average molecular weight is 199 g/mol. The number of carbonyl (C=O) groups excluding carboxylic acids is 1. The van der Waals surface area contributed by atoms with Crippen LogP contribution in [0.3, 0.4) is 0 Å². The molecule has 0 aromatic heterocycles. The standard InChI is InChI=1S/C11H21NO2/c1-4-9(2)8-11(13)10(12)6-5-7-14-3/h10H,2,4-8,12H2,1,3H3. The fourth-order valence-corrected chi connectivity index (χ4v) is 1.11. The molecule has 0 fully saturated rings. The zero-order chi connectivity index (χ0) is 11.0. The van der Waals surface area contributed by atoms with Crippen LogP contribution in [0.4, 0.5) is 0 Å². The Labute approximate surface area is 86.3 Å². The minimum absolute atomic E-state index is 0.0907. The number of Topliss-reactive ketones (excluding diaryl/α,β-unsaturated/α-hetero) is 1. The zero-order valence-electron chi connectivity index (χ0n) is 9.21. The van der Waals surface area contributed by atoms with Crippen molar-refractivity contribution in [2.45, 2.75) is 38.6 Å². The zero-order valence-corrected chi connectivity index (χ0v) is 9.21. The van der Waals surface area contributed by atoms with E-state index in [-0.39, 0.29) is 11.8 Å². The molecule has 1 atom stereocenters. The molecule has 0 rings (SSSR count). The number of hydrogen-bond acceptors (Lipinski definition) is 3. The lowest BCUT2D eigenvalue weighted by atomic mass is 10.0. The summed E-state index contributed by atoms with van der Waals surface area (Å²) in [5.41, 5.74) is 6.67. The van der Waals surface area contributed by atoms with Crippen molar-refractivity contribution in [3.63, 3.8) is 0 Å². The summed E-state index contributed by atoms with van der Waals surface area (Å²) in [5.74, 6) is 0.0907. The molecular weight excluding hydrogens is 178 g/mol. The first kappa shape index (κ1) is 13.3. The highest BCUT2D eigenvalue weighted by molar-refractivity contribution is 5.85. The van der Waals surface area contributed by atoms with Gasteiger partial charge in [-0.15, -0.1) is 0 Å². The highest BCUT2D eigenvalue weighted by atomic mass is 16.5. The van der Waals surface area contributed by atoms with E-state index in [1.807, 2.05) is 6.92 Å². The molecule has 0 aromatic rings. The van der Waals surface area contributed by atoms with E-state index >= 15 is 0 Å². The van der Waals surface area contributed by atoms with Crippen LogP contribution in [0.25, 0.3) is 0 Å². The molecular formula is C11H21NO2. The fraction of sp³-hybridized carbons (Fsp3) is 0.727. The van der Waals surface area contributed by atoms with Gasteiger partial charge in [0.15, 0.2) is 5.78 Å². The van der Waals surface area contributed by atoms with Crippen molar-refractivity contribution in [2.75, 3.05) is 13.7 Å². The van der Waals surface area contributed by atoms with Gasteiger partial charge < -0.3 is 10.5 Å². The van der Waals surface area contributed by atoms with Crippen molar-refractivity contribution >= 4 is 5.78 Å². The van der Waals surface area contributed by atoms with Gasteiger partial charge in [0.25, 0.3) is 0 Å². The van der Waals surface area contributed by atoms with Crippen molar-refractivity contribution in [3.05, 3.63) is 12.2 Å². The summed E-state index contributed by atoms with van der Waals surface area (Å²) in [6, 6.07) is -0.353. The van der Waals surface area contributed by atoms with Crippen LogP contribution in [0.2, 0.25) is 0 Å². The molecule has 82 valence electrons. The Kier molecular flexibility index (Phi) is 7.34. The maximum absolute atomic E-state index is 11.5. The van der Waals surface area contributed by atoms with Crippen molar-refractivity contribution in [2.24, 2.45) is 5.73 Å². The Morgan fingerprint density at radius 3 is 2.71 bits per heavy atom. The van der Waals surface area contributed by atoms with Gasteiger partial charge >= 0.3 is 0 Å². The highest BCUT2D eigenvalue weighted by Gasteiger charge is 2.13. The molecule has 2 N–H and O–H groups in total. The van der Waals surface area contributed by atoms with Crippen LogP contribution in [0.5, 0.6) is 0 Å². The second-order valence-electron chi connectivity index (χ2n) is 3.49. The summed E-state index contributed by atoms with van der Waals surface area (Å²) in [7, 11) is 1.65. The van der Waals surface area contributed by atoms with Crippen molar-refractivity contribution in [3.8, 4) is 0 Å². The van der Waals surface area contributed by atoms with E-state index in [0.29, 0.717) is 19.4 Å². The molecule has 0 heterocycles. The lowest BCUT2D eigenvalue weighted by Gasteiger charge is -2.10. The third kappa shape index (κ3) is 5.89. The SMILES string of the molecule is C=C(CC)CC(=O)C(N)CCCOC. The first-order valence-electron chi connectivity index (χ1n) is 5.05. The molecule has 3 nitrogen and oxygen atoms in total. The lowest BCUT2D eigenvalue weighted by molar-refractivity contribution is -0.119. The number of methoxy groups -OCH3 is 1. The van der Waals surface area contributed by atoms with Gasteiger partial charge in [0.1, 0.15) is 0 Å². The largest absolute Gasteiger partial charge is 0.385 e. The molecule has 0 bridgehead atoms. The molecule has 0 saturated carbocycles. The highest BCUT2D eigenvalue weighted by Crippen LogP contribution is 2.07. The molecule has 0 aliphatic carbocycles. The third-order valence-corrected chi connectivity index (χ3v) is 2.20. The molecule has 0 saturated heterocycles. The van der Waals surface area contributed by atoms with Gasteiger partial charge in [0, 0.05) is 20.1 Å². The first-order chi connectivity index (χ1) is 6.61. The van der Waals surface area contributed by atoms with E-state index in [9.17, 15) is 4.79 Å². The molecule has 0 spiro atoms. The van der Waals surface area contributed by atoms with Crippen LogP contribution in [0.15, 0.2) is 12.2 Å². The third-order valence-electron chi connectivity index (χ3n) is 2.20. The molecule has 0 radical (unpaired) electrons. The van der Waals surface area contributed by atoms with E-state index in [0.717, 1.165) is 18.4 Å². The summed E-state index contributed by atoms with van der Waals surface area (Å²) in [6.45, 7) is 6.45. The number of ketones is 1. The van der Waals surface area contributed by atoms with Crippen molar-refractivity contribution < 1.29 is 9.53 Å². The van der Waals surface area contributed by atoms with Crippen LogP contribution in [-0.2, 0) is 9.53 Å². The van der Waals surface area contributed by atoms with Gasteiger partial charge in [0.05, 0.1) is 6.04 Å². The van der Waals surface area contributed by atoms with Gasteiger partial charge in [-0.1, -0.05) is 19.1 Å². The second-order valence-corrected chi connectivity index (χ2v) is 3.49. The van der Waals surface area contributed by atoms with Crippen molar-refractivity contribution in [1.82, 2.24) is 0 Å². The van der Waals surface area contributed by atoms with Crippen LogP contribution in [0.1, 0.15) is 32.6 Å². The molecule has 3 heteroatoms. The second kappa shape index (κ2) is 7.71. The average Bonchev–Trinajstić information content (AvgIpc) is 2.17. The normalized spacial score (nSPS) is 12.5. The maximum Gasteiger partial charge on any atom is 0.153 e. The monoisotopic (exact) mass is 199 g/mol. The van der Waals surface area contributed by atoms with E-state index < -0.39 is 0 Å². The van der Waals surface area contributed by atoms with Crippen LogP contribution < -0.4 is 5.73 Å². The number of nitrogens with two attached hydrogens (primary N) is 1. The van der Waals surface area contributed by atoms with Crippen LogP contribution >= 0.6 is 0 Å². The van der Waals surface area contributed by atoms with Crippen molar-refractivity contribution in [1.29, 1.82) is 0 Å². The minimum Gasteiger partial charge on any atom is -0.385 e. The van der Waals surface area contributed by atoms with Gasteiger partial charge in [-0.3, -0.25) is 4.79 Å². The number of carbonyl (C=O) groups is 1. The molecule has 1 unspecified atom stereocenters. The quantitative estimate of drug-likeness (QED) is 0.478. The molecule has 0 amide bonds. The lowest BCUT2D eigenvalue weighted by Crippen LogP contribution is -2.30. The summed E-state index contributed by atoms with van der Waals surface area (Å²) >= 11 is 0. The predicted molar refractivity (Wildman–Crippen MR) is 58.1 cm³/mol. The Hall–Kier alpha value is -0.670. The summed E-state index contributed by atoms with van der Waals surface area (Å²) in [4.78, 5) is 11.5.